The number of hydrogen-bond acceptors (Lipinski definition) is 5. The van der Waals surface area contributed by atoms with Crippen molar-refractivity contribution in [1.29, 1.82) is 0 Å². The van der Waals surface area contributed by atoms with E-state index in [1.807, 2.05) is 14.0 Å². The third-order valence-corrected chi connectivity index (χ3v) is 3.26. The lowest BCUT2D eigenvalue weighted by atomic mass is 9.96. The number of rotatable bonds is 9. The van der Waals surface area contributed by atoms with Crippen molar-refractivity contribution in [3.05, 3.63) is 11.7 Å². The third-order valence-electron chi connectivity index (χ3n) is 3.26. The maximum Gasteiger partial charge on any atom is 0.226 e. The highest BCUT2D eigenvalue weighted by molar-refractivity contribution is 5.01. The Morgan fingerprint density at radius 1 is 1.28 bits per heavy atom. The van der Waals surface area contributed by atoms with Crippen LogP contribution in [0.4, 0.5) is 0 Å². The lowest BCUT2D eigenvalue weighted by molar-refractivity contribution is -0.0583. The molecule has 0 aliphatic rings. The predicted molar refractivity (Wildman–Crippen MR) is 70.4 cm³/mol. The van der Waals surface area contributed by atoms with Crippen molar-refractivity contribution in [3.63, 3.8) is 0 Å². The molecule has 0 amide bonds. The smallest absolute Gasteiger partial charge is 0.226 e. The number of nitrogens with one attached hydrogen (secondary N) is 1. The molecule has 1 aromatic rings. The van der Waals surface area contributed by atoms with Gasteiger partial charge in [-0.15, -0.1) is 0 Å². The largest absolute Gasteiger partial charge is 0.367 e. The molecule has 18 heavy (non-hydrogen) atoms. The fourth-order valence-electron chi connectivity index (χ4n) is 2.07. The molecular formula is C13H25N3O2. The summed E-state index contributed by atoms with van der Waals surface area (Å²) in [6, 6.07) is 0. The van der Waals surface area contributed by atoms with Gasteiger partial charge in [0.2, 0.25) is 11.7 Å². The molecule has 0 aromatic carbocycles. The molecule has 0 radical (unpaired) electrons. The first kappa shape index (κ1) is 15.1. The fraction of sp³-hybridized carbons (Fsp3) is 0.846. The Bertz CT molecular complexity index is 335. The Balaban J connectivity index is 2.74. The van der Waals surface area contributed by atoms with Crippen molar-refractivity contribution in [2.24, 2.45) is 0 Å². The van der Waals surface area contributed by atoms with Gasteiger partial charge in [-0.25, -0.2) is 0 Å². The number of aromatic nitrogens is 2. The molecule has 104 valence electrons. The van der Waals surface area contributed by atoms with Crippen LogP contribution in [-0.4, -0.2) is 30.3 Å². The van der Waals surface area contributed by atoms with E-state index < -0.39 is 0 Å². The van der Waals surface area contributed by atoms with Crippen molar-refractivity contribution in [1.82, 2.24) is 15.5 Å². The topological polar surface area (TPSA) is 60.2 Å². The van der Waals surface area contributed by atoms with E-state index in [9.17, 15) is 0 Å². The van der Waals surface area contributed by atoms with Crippen LogP contribution in [0.2, 0.25) is 0 Å². The molecule has 0 aliphatic heterocycles. The second-order valence-corrected chi connectivity index (χ2v) is 4.35. The number of nitrogens with zero attached hydrogens (tertiary/aromatic N) is 2. The van der Waals surface area contributed by atoms with Crippen LogP contribution in [0.3, 0.4) is 0 Å². The first-order chi connectivity index (χ1) is 8.72. The number of aryl methyl sites for hydroxylation is 1. The van der Waals surface area contributed by atoms with Gasteiger partial charge in [-0.2, -0.15) is 4.98 Å². The van der Waals surface area contributed by atoms with Gasteiger partial charge < -0.3 is 14.6 Å². The SMILES string of the molecule is CCOC(CC)(CC)c1noc(CCCNC)n1. The van der Waals surface area contributed by atoms with E-state index >= 15 is 0 Å². The summed E-state index contributed by atoms with van der Waals surface area (Å²) in [7, 11) is 1.94. The second kappa shape index (κ2) is 7.48. The minimum atomic E-state index is -0.389. The van der Waals surface area contributed by atoms with E-state index in [-0.39, 0.29) is 5.60 Å². The monoisotopic (exact) mass is 255 g/mol. The van der Waals surface area contributed by atoms with Crippen LogP contribution >= 0.6 is 0 Å². The van der Waals surface area contributed by atoms with Crippen LogP contribution in [0.1, 0.15) is 51.7 Å². The molecule has 0 atom stereocenters. The minimum absolute atomic E-state index is 0.389. The molecule has 0 bridgehead atoms. The molecule has 1 N–H and O–H groups in total. The Labute approximate surface area is 109 Å². The number of ether oxygens (including phenoxy) is 1. The summed E-state index contributed by atoms with van der Waals surface area (Å²) in [6.07, 6.45) is 3.52. The molecule has 0 spiro atoms. The summed E-state index contributed by atoms with van der Waals surface area (Å²) < 4.78 is 11.2. The molecule has 5 heteroatoms. The highest BCUT2D eigenvalue weighted by Crippen LogP contribution is 2.30. The van der Waals surface area contributed by atoms with Crippen LogP contribution in [0.25, 0.3) is 0 Å². The van der Waals surface area contributed by atoms with Crippen LogP contribution in [-0.2, 0) is 16.8 Å². The standard InChI is InChI=1S/C13H25N3O2/c1-5-13(6-2,17-7-3)12-15-11(18-16-12)9-8-10-14-4/h14H,5-10H2,1-4H3. The van der Waals surface area contributed by atoms with Crippen LogP contribution in [0.15, 0.2) is 4.52 Å². The van der Waals surface area contributed by atoms with Crippen LogP contribution in [0.5, 0.6) is 0 Å². The summed E-state index contributed by atoms with van der Waals surface area (Å²) >= 11 is 0. The molecule has 5 nitrogen and oxygen atoms in total. The molecular weight excluding hydrogens is 230 g/mol. The summed E-state index contributed by atoms with van der Waals surface area (Å²) in [4.78, 5) is 4.48. The minimum Gasteiger partial charge on any atom is -0.367 e. The van der Waals surface area contributed by atoms with Crippen molar-refractivity contribution >= 4 is 0 Å². The Kier molecular flexibility index (Phi) is 6.29. The van der Waals surface area contributed by atoms with Gasteiger partial charge in [-0.1, -0.05) is 19.0 Å². The Hall–Kier alpha value is -0.940. The van der Waals surface area contributed by atoms with Gasteiger partial charge in [0.1, 0.15) is 5.60 Å². The zero-order chi connectivity index (χ0) is 13.4. The van der Waals surface area contributed by atoms with E-state index in [2.05, 4.69) is 29.3 Å². The van der Waals surface area contributed by atoms with Gasteiger partial charge in [0, 0.05) is 13.0 Å². The molecule has 1 rings (SSSR count). The maximum absolute atomic E-state index is 5.86. The third kappa shape index (κ3) is 3.53. The first-order valence-corrected chi connectivity index (χ1v) is 6.84. The Morgan fingerprint density at radius 3 is 2.56 bits per heavy atom. The van der Waals surface area contributed by atoms with Crippen LogP contribution in [0, 0.1) is 0 Å². The summed E-state index contributed by atoms with van der Waals surface area (Å²) in [5, 5.41) is 7.20. The molecule has 0 saturated carbocycles. The summed E-state index contributed by atoms with van der Waals surface area (Å²) in [6.45, 7) is 7.79. The van der Waals surface area contributed by atoms with E-state index in [1.54, 1.807) is 0 Å². The van der Waals surface area contributed by atoms with Crippen molar-refractivity contribution in [3.8, 4) is 0 Å². The van der Waals surface area contributed by atoms with Crippen LogP contribution < -0.4 is 5.32 Å². The van der Waals surface area contributed by atoms with Gasteiger partial charge in [0.15, 0.2) is 0 Å². The highest BCUT2D eigenvalue weighted by Gasteiger charge is 2.34. The normalized spacial score (nSPS) is 12.0. The van der Waals surface area contributed by atoms with E-state index in [1.165, 1.54) is 0 Å². The number of hydrogen-bond donors (Lipinski definition) is 1. The average molecular weight is 255 g/mol. The molecule has 0 saturated heterocycles. The summed E-state index contributed by atoms with van der Waals surface area (Å²) in [5.41, 5.74) is -0.389. The van der Waals surface area contributed by atoms with E-state index in [0.717, 1.165) is 32.2 Å². The van der Waals surface area contributed by atoms with E-state index in [0.29, 0.717) is 18.3 Å². The second-order valence-electron chi connectivity index (χ2n) is 4.35. The van der Waals surface area contributed by atoms with Gasteiger partial charge in [-0.3, -0.25) is 0 Å². The molecule has 1 aromatic heterocycles. The maximum atomic E-state index is 5.86. The van der Waals surface area contributed by atoms with E-state index in [4.69, 9.17) is 9.26 Å². The average Bonchev–Trinajstić information content (AvgIpc) is 2.86. The van der Waals surface area contributed by atoms with Gasteiger partial charge >= 0.3 is 0 Å². The molecule has 1 heterocycles. The van der Waals surface area contributed by atoms with Gasteiger partial charge in [0.25, 0.3) is 0 Å². The molecule has 0 aliphatic carbocycles. The first-order valence-electron chi connectivity index (χ1n) is 6.84. The lowest BCUT2D eigenvalue weighted by Crippen LogP contribution is -2.29. The zero-order valence-electron chi connectivity index (χ0n) is 12.0. The van der Waals surface area contributed by atoms with Crippen molar-refractivity contribution in [2.45, 2.75) is 52.1 Å². The zero-order valence-corrected chi connectivity index (χ0v) is 12.0. The van der Waals surface area contributed by atoms with Gasteiger partial charge in [0.05, 0.1) is 0 Å². The summed E-state index contributed by atoms with van der Waals surface area (Å²) in [5.74, 6) is 1.39. The fourth-order valence-corrected chi connectivity index (χ4v) is 2.07. The van der Waals surface area contributed by atoms with Crippen molar-refractivity contribution < 1.29 is 9.26 Å². The molecule has 0 fully saturated rings. The highest BCUT2D eigenvalue weighted by atomic mass is 16.5. The lowest BCUT2D eigenvalue weighted by Gasteiger charge is -2.27. The predicted octanol–water partition coefficient (Wildman–Crippen LogP) is 2.27. The van der Waals surface area contributed by atoms with Gasteiger partial charge in [-0.05, 0) is 39.8 Å². The molecule has 0 unspecified atom stereocenters. The quantitative estimate of drug-likeness (QED) is 0.686. The van der Waals surface area contributed by atoms with Crippen molar-refractivity contribution in [2.75, 3.05) is 20.2 Å². The Morgan fingerprint density at radius 2 is 2.00 bits per heavy atom.